The second-order valence-corrected chi connectivity index (χ2v) is 8.27. The van der Waals surface area contributed by atoms with Gasteiger partial charge in [-0.15, -0.1) is 10.2 Å². The number of nitrogens with one attached hydrogen (secondary N) is 2. The number of amides is 2. The first kappa shape index (κ1) is 20.8. The monoisotopic (exact) mass is 459 g/mol. The van der Waals surface area contributed by atoms with E-state index in [1.165, 1.54) is 36.2 Å². The Labute approximate surface area is 183 Å². The maximum absolute atomic E-state index is 12.9. The summed E-state index contributed by atoms with van der Waals surface area (Å²) in [4.78, 5) is 24.3. The van der Waals surface area contributed by atoms with E-state index in [1.807, 2.05) is 0 Å². The highest BCUT2D eigenvalue weighted by Crippen LogP contribution is 2.26. The fourth-order valence-electron chi connectivity index (χ4n) is 2.38. The average molecular weight is 459 g/mol. The van der Waals surface area contributed by atoms with Gasteiger partial charge in [0.15, 0.2) is 15.8 Å². The molecule has 3 aromatic heterocycles. The number of nitrogens with zero attached hydrogens (tertiary/aromatic N) is 3. The number of aromatic nitrogens is 3. The van der Waals surface area contributed by atoms with E-state index < -0.39 is 5.91 Å². The number of hydrogen-bond acceptors (Lipinski definition) is 9. The molecule has 3 heterocycles. The van der Waals surface area contributed by atoms with Gasteiger partial charge in [-0.05, 0) is 29.8 Å². The molecule has 0 saturated carbocycles. The van der Waals surface area contributed by atoms with Crippen molar-refractivity contribution in [3.05, 3.63) is 65.8 Å². The molecule has 0 bridgehead atoms. The lowest BCUT2D eigenvalue weighted by Gasteiger charge is -2.04. The summed E-state index contributed by atoms with van der Waals surface area (Å²) >= 11 is 2.32. The van der Waals surface area contributed by atoms with Gasteiger partial charge < -0.3 is 14.3 Å². The van der Waals surface area contributed by atoms with Gasteiger partial charge in [0.05, 0.1) is 12.0 Å². The Morgan fingerprint density at radius 3 is 2.74 bits per heavy atom. The number of furan rings is 1. The number of thioether (sulfide) groups is 1. The van der Waals surface area contributed by atoms with Crippen molar-refractivity contribution in [2.24, 2.45) is 0 Å². The van der Waals surface area contributed by atoms with E-state index in [4.69, 9.17) is 8.94 Å². The molecule has 4 aromatic rings. The van der Waals surface area contributed by atoms with Gasteiger partial charge in [0.2, 0.25) is 16.8 Å². The van der Waals surface area contributed by atoms with Crippen LogP contribution in [0.4, 0.5) is 9.52 Å². The molecule has 9 nitrogen and oxygen atoms in total. The Kier molecular flexibility index (Phi) is 6.38. The minimum absolute atomic E-state index is 0.0657. The molecule has 0 atom stereocenters. The summed E-state index contributed by atoms with van der Waals surface area (Å²) in [5.41, 5.74) is 0.861. The zero-order valence-corrected chi connectivity index (χ0v) is 17.3. The van der Waals surface area contributed by atoms with Crippen LogP contribution in [0.5, 0.6) is 0 Å². The van der Waals surface area contributed by atoms with E-state index in [2.05, 4.69) is 26.0 Å². The maximum Gasteiger partial charge on any atom is 0.279 e. The van der Waals surface area contributed by atoms with E-state index in [0.29, 0.717) is 22.4 Å². The molecule has 1 aromatic carbocycles. The lowest BCUT2D eigenvalue weighted by molar-refractivity contribution is -0.118. The normalized spacial score (nSPS) is 10.7. The second kappa shape index (κ2) is 9.53. The van der Waals surface area contributed by atoms with Crippen LogP contribution in [0, 0.1) is 5.82 Å². The molecule has 0 radical (unpaired) electrons. The molecule has 0 spiro atoms. The second-order valence-electron chi connectivity index (χ2n) is 6.07. The van der Waals surface area contributed by atoms with E-state index >= 15 is 0 Å². The lowest BCUT2D eigenvalue weighted by Crippen LogP contribution is -2.24. The van der Waals surface area contributed by atoms with Crippen LogP contribution >= 0.6 is 23.1 Å². The Morgan fingerprint density at radius 2 is 1.97 bits per heavy atom. The Bertz CT molecular complexity index is 1170. The van der Waals surface area contributed by atoms with Gasteiger partial charge in [-0.3, -0.25) is 14.9 Å². The number of halogens is 1. The third-order valence-electron chi connectivity index (χ3n) is 3.86. The van der Waals surface area contributed by atoms with Crippen LogP contribution in [0.2, 0.25) is 0 Å². The van der Waals surface area contributed by atoms with E-state index in [0.717, 1.165) is 16.9 Å². The van der Waals surface area contributed by atoms with E-state index in [-0.39, 0.29) is 28.3 Å². The number of rotatable bonds is 8. The van der Waals surface area contributed by atoms with Crippen LogP contribution in [0.3, 0.4) is 0 Å². The van der Waals surface area contributed by atoms with Gasteiger partial charge in [0.1, 0.15) is 5.82 Å². The smallest absolute Gasteiger partial charge is 0.279 e. The fourth-order valence-corrected chi connectivity index (χ4v) is 3.95. The minimum Gasteiger partial charge on any atom is -0.461 e. The van der Waals surface area contributed by atoms with E-state index in [1.54, 1.807) is 24.3 Å². The molecule has 31 heavy (non-hydrogen) atoms. The third kappa shape index (κ3) is 5.55. The number of benzene rings is 1. The summed E-state index contributed by atoms with van der Waals surface area (Å²) in [6, 6.07) is 10.7. The van der Waals surface area contributed by atoms with Gasteiger partial charge >= 0.3 is 0 Å². The van der Waals surface area contributed by atoms with Crippen molar-refractivity contribution in [3.8, 4) is 11.5 Å². The molecular formula is C19H14FN5O4S2. The molecule has 0 saturated heterocycles. The Balaban J connectivity index is 1.25. The van der Waals surface area contributed by atoms with Crippen molar-refractivity contribution in [3.63, 3.8) is 0 Å². The van der Waals surface area contributed by atoms with Crippen LogP contribution in [-0.2, 0) is 11.3 Å². The molecule has 2 N–H and O–H groups in total. The first-order valence-corrected chi connectivity index (χ1v) is 10.7. The van der Waals surface area contributed by atoms with Gasteiger partial charge in [-0.2, -0.15) is 0 Å². The highest BCUT2D eigenvalue weighted by atomic mass is 32.2. The van der Waals surface area contributed by atoms with Crippen LogP contribution in [0.1, 0.15) is 16.1 Å². The Morgan fingerprint density at radius 1 is 1.13 bits per heavy atom. The summed E-state index contributed by atoms with van der Waals surface area (Å²) in [7, 11) is 0. The predicted octanol–water partition coefficient (Wildman–Crippen LogP) is 3.59. The molecule has 0 unspecified atom stereocenters. The number of hydrogen-bond donors (Lipinski definition) is 2. The minimum atomic E-state index is -0.508. The van der Waals surface area contributed by atoms with Gasteiger partial charge in [-0.1, -0.05) is 40.4 Å². The van der Waals surface area contributed by atoms with Gasteiger partial charge in [-0.25, -0.2) is 4.39 Å². The van der Waals surface area contributed by atoms with Crippen molar-refractivity contribution >= 4 is 40.0 Å². The van der Waals surface area contributed by atoms with Crippen molar-refractivity contribution in [1.29, 1.82) is 0 Å². The quantitative estimate of drug-likeness (QED) is 0.303. The molecule has 0 aliphatic heterocycles. The van der Waals surface area contributed by atoms with Crippen molar-refractivity contribution in [2.45, 2.75) is 10.9 Å². The maximum atomic E-state index is 12.9. The zero-order valence-electron chi connectivity index (χ0n) is 15.7. The number of carbonyl (C=O) groups is 2. The zero-order chi connectivity index (χ0) is 21.6. The molecule has 2 amide bonds. The first-order chi connectivity index (χ1) is 15.1. The van der Waals surface area contributed by atoms with Crippen LogP contribution in [0.25, 0.3) is 11.5 Å². The molecule has 4 rings (SSSR count). The molecule has 0 aliphatic rings. The topological polar surface area (TPSA) is 123 Å². The number of carbonyl (C=O) groups excluding carboxylic acids is 2. The van der Waals surface area contributed by atoms with Gasteiger partial charge in [0, 0.05) is 12.6 Å². The van der Waals surface area contributed by atoms with Crippen molar-refractivity contribution < 1.29 is 22.9 Å². The summed E-state index contributed by atoms with van der Waals surface area (Å²) in [5.74, 6) is -0.130. The summed E-state index contributed by atoms with van der Waals surface area (Å²) in [6.45, 7) is 0.300. The number of anilines is 1. The molecular weight excluding hydrogens is 445 g/mol. The van der Waals surface area contributed by atoms with Gasteiger partial charge in [0.25, 0.3) is 5.91 Å². The highest BCUT2D eigenvalue weighted by Gasteiger charge is 2.17. The molecule has 12 heteroatoms. The summed E-state index contributed by atoms with van der Waals surface area (Å²) in [6.07, 6.45) is 1.49. The molecule has 0 aliphatic carbocycles. The Hall–Kier alpha value is -3.51. The predicted molar refractivity (Wildman–Crippen MR) is 111 cm³/mol. The summed E-state index contributed by atoms with van der Waals surface area (Å²) < 4.78 is 23.7. The largest absolute Gasteiger partial charge is 0.461 e. The SMILES string of the molecule is O=C(CSc1nnc(NC(=O)c2cc(-c3ccco3)on2)s1)NCc1ccc(F)cc1. The van der Waals surface area contributed by atoms with Crippen LogP contribution < -0.4 is 10.6 Å². The lowest BCUT2D eigenvalue weighted by atomic mass is 10.2. The first-order valence-electron chi connectivity index (χ1n) is 8.86. The standard InChI is InChI=1S/C19H14FN5O4S2/c20-12-5-3-11(4-6-12)9-21-16(26)10-30-19-24-23-18(31-19)22-17(27)13-8-15(29-25-13)14-2-1-7-28-14/h1-8H,9-10H2,(H,21,26)(H,22,23,27). The van der Waals surface area contributed by atoms with Crippen LogP contribution in [-0.4, -0.2) is 32.9 Å². The van der Waals surface area contributed by atoms with Crippen molar-refractivity contribution in [2.75, 3.05) is 11.1 Å². The average Bonchev–Trinajstić information content (AvgIpc) is 3.53. The van der Waals surface area contributed by atoms with Crippen molar-refractivity contribution in [1.82, 2.24) is 20.7 Å². The van der Waals surface area contributed by atoms with E-state index in [9.17, 15) is 14.0 Å². The third-order valence-corrected chi connectivity index (χ3v) is 5.84. The molecule has 158 valence electrons. The molecule has 0 fully saturated rings. The fraction of sp³-hybridized carbons (Fsp3) is 0.105. The van der Waals surface area contributed by atoms with Crippen LogP contribution in [0.15, 0.2) is 62.0 Å². The highest BCUT2D eigenvalue weighted by molar-refractivity contribution is 8.01. The summed E-state index contributed by atoms with van der Waals surface area (Å²) in [5, 5.41) is 17.1.